The van der Waals surface area contributed by atoms with Crippen molar-refractivity contribution in [2.75, 3.05) is 19.6 Å². The quantitative estimate of drug-likeness (QED) is 0.792. The van der Waals surface area contributed by atoms with Crippen LogP contribution in [-0.2, 0) is 9.59 Å². The van der Waals surface area contributed by atoms with E-state index in [2.05, 4.69) is 5.32 Å². The summed E-state index contributed by atoms with van der Waals surface area (Å²) in [5, 5.41) is 2.46. The van der Waals surface area contributed by atoms with Crippen LogP contribution in [0.15, 0.2) is 0 Å². The van der Waals surface area contributed by atoms with Crippen LogP contribution in [0.25, 0.3) is 0 Å². The van der Waals surface area contributed by atoms with E-state index in [0.29, 0.717) is 12.0 Å². The standard InChI is InChI=1S/C15H23N3O3/c19-13-9-16-15(21)18(13)10-14(20)17-8-4-7-12(17)11-5-2-1-3-6-11/h11-12H,1-10H2,(H,16,21). The fourth-order valence-electron chi connectivity index (χ4n) is 3.95. The molecule has 6 nitrogen and oxygen atoms in total. The molecular weight excluding hydrogens is 270 g/mol. The molecular formula is C15H23N3O3. The van der Waals surface area contributed by atoms with Crippen molar-refractivity contribution in [3.05, 3.63) is 0 Å². The molecule has 3 rings (SSSR count). The maximum absolute atomic E-state index is 12.5. The minimum atomic E-state index is -0.443. The van der Waals surface area contributed by atoms with Crippen molar-refractivity contribution in [2.45, 2.75) is 51.0 Å². The molecule has 116 valence electrons. The summed E-state index contributed by atoms with van der Waals surface area (Å²) in [6.45, 7) is 0.676. The van der Waals surface area contributed by atoms with Crippen LogP contribution in [0.5, 0.6) is 0 Å². The Kier molecular flexibility index (Phi) is 4.12. The molecule has 0 aromatic rings. The summed E-state index contributed by atoms with van der Waals surface area (Å²) in [4.78, 5) is 38.6. The number of imide groups is 1. The number of hydrogen-bond donors (Lipinski definition) is 1. The van der Waals surface area contributed by atoms with Gasteiger partial charge in [-0.15, -0.1) is 0 Å². The molecule has 1 atom stereocenters. The lowest BCUT2D eigenvalue weighted by Crippen LogP contribution is -2.47. The van der Waals surface area contributed by atoms with Gasteiger partial charge in [-0.1, -0.05) is 19.3 Å². The molecule has 1 unspecified atom stereocenters. The second-order valence-corrected chi connectivity index (χ2v) is 6.33. The second-order valence-electron chi connectivity index (χ2n) is 6.33. The first-order valence-corrected chi connectivity index (χ1v) is 8.04. The number of nitrogens with zero attached hydrogens (tertiary/aromatic N) is 2. The number of rotatable bonds is 3. The summed E-state index contributed by atoms with van der Waals surface area (Å²) >= 11 is 0. The van der Waals surface area contributed by atoms with E-state index in [-0.39, 0.29) is 24.9 Å². The van der Waals surface area contributed by atoms with Gasteiger partial charge in [0.25, 0.3) is 5.91 Å². The van der Waals surface area contributed by atoms with Crippen LogP contribution in [0.4, 0.5) is 4.79 Å². The molecule has 2 aliphatic heterocycles. The van der Waals surface area contributed by atoms with Gasteiger partial charge < -0.3 is 10.2 Å². The molecule has 2 saturated heterocycles. The topological polar surface area (TPSA) is 69.7 Å². The zero-order valence-electron chi connectivity index (χ0n) is 12.3. The molecule has 0 bridgehead atoms. The van der Waals surface area contributed by atoms with Crippen LogP contribution in [0.2, 0.25) is 0 Å². The Balaban J connectivity index is 1.62. The third kappa shape index (κ3) is 2.89. The van der Waals surface area contributed by atoms with Crippen molar-refractivity contribution in [3.8, 4) is 0 Å². The SMILES string of the molecule is O=C1CNC(=O)N1CC(=O)N1CCCC1C1CCCCC1. The molecule has 0 radical (unpaired) electrons. The van der Waals surface area contributed by atoms with Gasteiger partial charge in [0.15, 0.2) is 0 Å². The monoisotopic (exact) mass is 293 g/mol. The highest BCUT2D eigenvalue weighted by atomic mass is 16.2. The number of amides is 4. The van der Waals surface area contributed by atoms with E-state index >= 15 is 0 Å². The van der Waals surface area contributed by atoms with Gasteiger partial charge in [-0.2, -0.15) is 0 Å². The minimum Gasteiger partial charge on any atom is -0.338 e. The van der Waals surface area contributed by atoms with Crippen LogP contribution < -0.4 is 5.32 Å². The summed E-state index contributed by atoms with van der Waals surface area (Å²) in [5.74, 6) is 0.226. The lowest BCUT2D eigenvalue weighted by Gasteiger charge is -2.34. The Morgan fingerprint density at radius 1 is 1.10 bits per heavy atom. The summed E-state index contributed by atoms with van der Waals surface area (Å²) in [6.07, 6.45) is 8.34. The van der Waals surface area contributed by atoms with Gasteiger partial charge in [-0.05, 0) is 31.6 Å². The van der Waals surface area contributed by atoms with Crippen molar-refractivity contribution in [2.24, 2.45) is 5.92 Å². The van der Waals surface area contributed by atoms with Gasteiger partial charge in [-0.25, -0.2) is 4.79 Å². The van der Waals surface area contributed by atoms with E-state index in [4.69, 9.17) is 0 Å². The summed E-state index contributed by atoms with van der Waals surface area (Å²) in [6, 6.07) is -0.125. The highest BCUT2D eigenvalue weighted by Crippen LogP contribution is 2.34. The molecule has 6 heteroatoms. The lowest BCUT2D eigenvalue weighted by atomic mass is 9.83. The first-order chi connectivity index (χ1) is 10.2. The molecule has 3 aliphatic rings. The van der Waals surface area contributed by atoms with Gasteiger partial charge in [0.05, 0.1) is 6.54 Å². The maximum atomic E-state index is 12.5. The predicted octanol–water partition coefficient (Wildman–Crippen LogP) is 1.11. The first kappa shape index (κ1) is 14.4. The van der Waals surface area contributed by atoms with E-state index < -0.39 is 6.03 Å². The minimum absolute atomic E-state index is 0.0121. The fourth-order valence-corrected chi connectivity index (χ4v) is 3.95. The van der Waals surface area contributed by atoms with E-state index in [9.17, 15) is 14.4 Å². The van der Waals surface area contributed by atoms with Crippen molar-refractivity contribution >= 4 is 17.8 Å². The molecule has 4 amide bonds. The third-order valence-corrected chi connectivity index (χ3v) is 5.04. The molecule has 1 N–H and O–H groups in total. The second kappa shape index (κ2) is 6.03. The number of carbonyl (C=O) groups is 3. The van der Waals surface area contributed by atoms with Crippen LogP contribution in [0.1, 0.15) is 44.9 Å². The van der Waals surface area contributed by atoms with Crippen molar-refractivity contribution in [1.82, 2.24) is 15.1 Å². The molecule has 1 saturated carbocycles. The summed E-state index contributed by atoms with van der Waals surface area (Å²) in [5.41, 5.74) is 0. The molecule has 0 aromatic heterocycles. The molecule has 0 spiro atoms. The maximum Gasteiger partial charge on any atom is 0.325 e. The first-order valence-electron chi connectivity index (χ1n) is 8.04. The van der Waals surface area contributed by atoms with Crippen LogP contribution in [0, 0.1) is 5.92 Å². The summed E-state index contributed by atoms with van der Waals surface area (Å²) < 4.78 is 0. The Morgan fingerprint density at radius 2 is 1.86 bits per heavy atom. The van der Waals surface area contributed by atoms with Gasteiger partial charge in [-0.3, -0.25) is 14.5 Å². The number of carbonyl (C=O) groups excluding carboxylic acids is 3. The largest absolute Gasteiger partial charge is 0.338 e. The average Bonchev–Trinajstić information content (AvgIpc) is 3.10. The molecule has 1 aliphatic carbocycles. The highest BCUT2D eigenvalue weighted by Gasteiger charge is 2.38. The van der Waals surface area contributed by atoms with E-state index in [1.54, 1.807) is 0 Å². The summed E-state index contributed by atoms with van der Waals surface area (Å²) in [7, 11) is 0. The molecule has 2 heterocycles. The number of likely N-dealkylation sites (tertiary alicyclic amines) is 1. The van der Waals surface area contributed by atoms with Crippen molar-refractivity contribution in [1.29, 1.82) is 0 Å². The molecule has 21 heavy (non-hydrogen) atoms. The Labute approximate surface area is 124 Å². The normalized spacial score (nSPS) is 27.3. The molecule has 3 fully saturated rings. The average molecular weight is 293 g/mol. The van der Waals surface area contributed by atoms with Gasteiger partial charge in [0.1, 0.15) is 6.54 Å². The van der Waals surface area contributed by atoms with E-state index in [0.717, 1.165) is 24.3 Å². The smallest absolute Gasteiger partial charge is 0.325 e. The van der Waals surface area contributed by atoms with Gasteiger partial charge in [0, 0.05) is 12.6 Å². The highest BCUT2D eigenvalue weighted by molar-refractivity contribution is 6.04. The van der Waals surface area contributed by atoms with E-state index in [1.807, 2.05) is 4.90 Å². The van der Waals surface area contributed by atoms with Crippen LogP contribution >= 0.6 is 0 Å². The number of nitrogens with one attached hydrogen (secondary N) is 1. The van der Waals surface area contributed by atoms with Crippen molar-refractivity contribution in [3.63, 3.8) is 0 Å². The molecule has 0 aromatic carbocycles. The Morgan fingerprint density at radius 3 is 2.52 bits per heavy atom. The predicted molar refractivity (Wildman–Crippen MR) is 76.4 cm³/mol. The Hall–Kier alpha value is -1.59. The third-order valence-electron chi connectivity index (χ3n) is 5.04. The lowest BCUT2D eigenvalue weighted by molar-refractivity contribution is -0.138. The van der Waals surface area contributed by atoms with Crippen LogP contribution in [0.3, 0.4) is 0 Å². The van der Waals surface area contributed by atoms with Gasteiger partial charge >= 0.3 is 6.03 Å². The number of urea groups is 1. The fraction of sp³-hybridized carbons (Fsp3) is 0.800. The zero-order chi connectivity index (χ0) is 14.8. The van der Waals surface area contributed by atoms with Crippen molar-refractivity contribution < 1.29 is 14.4 Å². The van der Waals surface area contributed by atoms with Crippen LogP contribution in [-0.4, -0.2) is 53.3 Å². The number of hydrogen-bond acceptors (Lipinski definition) is 3. The zero-order valence-corrected chi connectivity index (χ0v) is 12.3. The van der Waals surface area contributed by atoms with Gasteiger partial charge in [0.2, 0.25) is 5.91 Å². The Bertz CT molecular complexity index is 429. The van der Waals surface area contributed by atoms with E-state index in [1.165, 1.54) is 32.1 Å².